The average molecular weight is 477 g/mol. The fraction of sp³-hybridized carbons (Fsp3) is 0.440. The van der Waals surface area contributed by atoms with Gasteiger partial charge < -0.3 is 15.0 Å². The molecule has 32 heavy (non-hydrogen) atoms. The molecule has 0 aliphatic heterocycles. The number of rotatable bonds is 10. The highest BCUT2D eigenvalue weighted by molar-refractivity contribution is 6.31. The summed E-state index contributed by atoms with van der Waals surface area (Å²) < 4.78 is 5.70. The Morgan fingerprint density at radius 2 is 1.78 bits per heavy atom. The molecule has 3 rings (SSSR count). The number of nitrogens with one attached hydrogen (secondary N) is 1. The second kappa shape index (κ2) is 12.1. The first-order valence-corrected chi connectivity index (χ1v) is 11.9. The van der Waals surface area contributed by atoms with Crippen molar-refractivity contribution in [3.05, 3.63) is 64.1 Å². The first-order valence-electron chi connectivity index (χ1n) is 11.2. The number of carbonyl (C=O) groups excluding carboxylic acids is 2. The van der Waals surface area contributed by atoms with E-state index in [1.807, 2.05) is 18.2 Å². The normalized spacial score (nSPS) is 14.7. The lowest BCUT2D eigenvalue weighted by molar-refractivity contribution is -0.141. The zero-order valence-electron chi connectivity index (χ0n) is 18.4. The minimum absolute atomic E-state index is 0.0984. The van der Waals surface area contributed by atoms with Crippen LogP contribution in [0.15, 0.2) is 48.5 Å². The monoisotopic (exact) mass is 476 g/mol. The summed E-state index contributed by atoms with van der Waals surface area (Å²) >= 11 is 12.2. The highest BCUT2D eigenvalue weighted by atomic mass is 35.5. The van der Waals surface area contributed by atoms with E-state index in [0.717, 1.165) is 31.2 Å². The molecule has 2 amide bonds. The van der Waals surface area contributed by atoms with E-state index in [0.29, 0.717) is 28.8 Å². The Morgan fingerprint density at radius 3 is 2.47 bits per heavy atom. The van der Waals surface area contributed by atoms with Crippen LogP contribution in [0.1, 0.15) is 51.0 Å². The van der Waals surface area contributed by atoms with Crippen molar-refractivity contribution in [2.75, 3.05) is 6.61 Å². The van der Waals surface area contributed by atoms with Gasteiger partial charge in [0.05, 0.1) is 6.61 Å². The molecule has 1 aliphatic carbocycles. The lowest BCUT2D eigenvalue weighted by Gasteiger charge is -2.30. The first-order chi connectivity index (χ1) is 15.4. The van der Waals surface area contributed by atoms with Gasteiger partial charge in [-0.15, -0.1) is 0 Å². The maximum Gasteiger partial charge on any atom is 0.242 e. The lowest BCUT2D eigenvalue weighted by atomic mass is 10.1. The van der Waals surface area contributed by atoms with Gasteiger partial charge in [-0.2, -0.15) is 0 Å². The summed E-state index contributed by atoms with van der Waals surface area (Å²) in [5.41, 5.74) is 0.820. The summed E-state index contributed by atoms with van der Waals surface area (Å²) in [6, 6.07) is 14.1. The van der Waals surface area contributed by atoms with Crippen LogP contribution in [-0.2, 0) is 16.1 Å². The van der Waals surface area contributed by atoms with Crippen molar-refractivity contribution in [2.45, 2.75) is 64.1 Å². The molecule has 0 radical (unpaired) electrons. The number of benzene rings is 2. The Labute approximate surface area is 200 Å². The zero-order chi connectivity index (χ0) is 22.9. The van der Waals surface area contributed by atoms with Gasteiger partial charge in [-0.3, -0.25) is 9.59 Å². The highest BCUT2D eigenvalue weighted by Crippen LogP contribution is 2.21. The molecule has 7 heteroatoms. The summed E-state index contributed by atoms with van der Waals surface area (Å²) in [6.07, 6.45) is 5.08. The highest BCUT2D eigenvalue weighted by Gasteiger charge is 2.28. The first kappa shape index (κ1) is 24.4. The summed E-state index contributed by atoms with van der Waals surface area (Å²) in [5.74, 6) is 0.493. The van der Waals surface area contributed by atoms with Crippen molar-refractivity contribution >= 4 is 35.0 Å². The molecule has 0 spiro atoms. The predicted octanol–water partition coefficient (Wildman–Crippen LogP) is 5.63. The van der Waals surface area contributed by atoms with E-state index in [1.54, 1.807) is 42.2 Å². The van der Waals surface area contributed by atoms with Gasteiger partial charge in [0, 0.05) is 29.1 Å². The van der Waals surface area contributed by atoms with Crippen LogP contribution in [0.25, 0.3) is 0 Å². The number of hydrogen-bond donors (Lipinski definition) is 1. The molecule has 2 aromatic rings. The SMILES string of the molecule is CC(C(=O)NC1CCCC1)N(Cc1ccccc1Cl)C(=O)CCCOc1ccc(Cl)cc1. The van der Waals surface area contributed by atoms with E-state index in [9.17, 15) is 9.59 Å². The van der Waals surface area contributed by atoms with Crippen LogP contribution in [0.4, 0.5) is 0 Å². The molecule has 1 aliphatic rings. The molecule has 1 unspecified atom stereocenters. The molecule has 1 N–H and O–H groups in total. The molecule has 0 aromatic heterocycles. The summed E-state index contributed by atoms with van der Waals surface area (Å²) in [6.45, 7) is 2.47. The van der Waals surface area contributed by atoms with Crippen LogP contribution < -0.4 is 10.1 Å². The predicted molar refractivity (Wildman–Crippen MR) is 128 cm³/mol. The fourth-order valence-corrected chi connectivity index (χ4v) is 4.19. The van der Waals surface area contributed by atoms with Gasteiger partial charge in [-0.25, -0.2) is 0 Å². The van der Waals surface area contributed by atoms with E-state index < -0.39 is 6.04 Å². The number of halogens is 2. The molecule has 1 atom stereocenters. The maximum atomic E-state index is 13.1. The van der Waals surface area contributed by atoms with Crippen LogP contribution >= 0.6 is 23.2 Å². The van der Waals surface area contributed by atoms with Crippen LogP contribution in [0.5, 0.6) is 5.75 Å². The topological polar surface area (TPSA) is 58.6 Å². The molecule has 0 heterocycles. The number of amides is 2. The van der Waals surface area contributed by atoms with Gasteiger partial charge >= 0.3 is 0 Å². The third-order valence-electron chi connectivity index (χ3n) is 5.78. The van der Waals surface area contributed by atoms with Crippen molar-refractivity contribution < 1.29 is 14.3 Å². The Hall–Kier alpha value is -2.24. The van der Waals surface area contributed by atoms with Crippen molar-refractivity contribution in [3.8, 4) is 5.75 Å². The number of ether oxygens (including phenoxy) is 1. The third-order valence-corrected chi connectivity index (χ3v) is 6.41. The third kappa shape index (κ3) is 7.14. The molecule has 5 nitrogen and oxygen atoms in total. The standard InChI is InChI=1S/C25H30Cl2N2O3/c1-18(25(31)28-21-8-3-4-9-21)29(17-19-7-2-5-10-23(19)27)24(30)11-6-16-32-22-14-12-20(26)13-15-22/h2,5,7,10,12-15,18,21H,3-4,6,8-9,11,16-17H2,1H3,(H,28,31). The lowest BCUT2D eigenvalue weighted by Crippen LogP contribution is -2.49. The molecule has 1 saturated carbocycles. The van der Waals surface area contributed by atoms with Crippen molar-refractivity contribution in [1.82, 2.24) is 10.2 Å². The van der Waals surface area contributed by atoms with Gasteiger partial charge in [0.1, 0.15) is 11.8 Å². The Bertz CT molecular complexity index is 898. The number of nitrogens with zero attached hydrogens (tertiary/aromatic N) is 1. The Balaban J connectivity index is 1.60. The average Bonchev–Trinajstić information content (AvgIpc) is 3.30. The van der Waals surface area contributed by atoms with E-state index >= 15 is 0 Å². The van der Waals surface area contributed by atoms with Crippen LogP contribution in [0.3, 0.4) is 0 Å². The van der Waals surface area contributed by atoms with Gasteiger partial charge in [-0.1, -0.05) is 54.2 Å². The Kier molecular flexibility index (Phi) is 9.24. The van der Waals surface area contributed by atoms with Crippen LogP contribution in [-0.4, -0.2) is 35.4 Å². The van der Waals surface area contributed by atoms with E-state index in [-0.39, 0.29) is 30.8 Å². The number of carbonyl (C=O) groups is 2. The van der Waals surface area contributed by atoms with Gasteiger partial charge in [0.25, 0.3) is 0 Å². The van der Waals surface area contributed by atoms with E-state index in [2.05, 4.69) is 5.32 Å². The minimum atomic E-state index is -0.587. The molecule has 0 bridgehead atoms. The molecular weight excluding hydrogens is 447 g/mol. The fourth-order valence-electron chi connectivity index (χ4n) is 3.87. The van der Waals surface area contributed by atoms with Crippen molar-refractivity contribution in [3.63, 3.8) is 0 Å². The minimum Gasteiger partial charge on any atom is -0.494 e. The van der Waals surface area contributed by atoms with Gasteiger partial charge in [0.15, 0.2) is 0 Å². The molecule has 0 saturated heterocycles. The number of hydrogen-bond acceptors (Lipinski definition) is 3. The summed E-state index contributed by atoms with van der Waals surface area (Å²) in [7, 11) is 0. The van der Waals surface area contributed by atoms with Crippen LogP contribution in [0.2, 0.25) is 10.0 Å². The smallest absolute Gasteiger partial charge is 0.242 e. The molecule has 172 valence electrons. The second-order valence-electron chi connectivity index (χ2n) is 8.18. The van der Waals surface area contributed by atoms with E-state index in [1.165, 1.54) is 0 Å². The molecular formula is C25H30Cl2N2O3. The van der Waals surface area contributed by atoms with E-state index in [4.69, 9.17) is 27.9 Å². The van der Waals surface area contributed by atoms with Crippen LogP contribution in [0, 0.1) is 0 Å². The summed E-state index contributed by atoms with van der Waals surface area (Å²) in [4.78, 5) is 27.6. The van der Waals surface area contributed by atoms with Gasteiger partial charge in [0.2, 0.25) is 11.8 Å². The second-order valence-corrected chi connectivity index (χ2v) is 9.03. The van der Waals surface area contributed by atoms with Crippen molar-refractivity contribution in [2.24, 2.45) is 0 Å². The largest absolute Gasteiger partial charge is 0.494 e. The quantitative estimate of drug-likeness (QED) is 0.452. The summed E-state index contributed by atoms with van der Waals surface area (Å²) in [5, 5.41) is 4.34. The molecule has 1 fully saturated rings. The van der Waals surface area contributed by atoms with Crippen molar-refractivity contribution in [1.29, 1.82) is 0 Å². The molecule has 2 aromatic carbocycles. The Morgan fingerprint density at radius 1 is 1.09 bits per heavy atom. The van der Waals surface area contributed by atoms with Gasteiger partial charge in [-0.05, 0) is 62.1 Å². The zero-order valence-corrected chi connectivity index (χ0v) is 19.9. The maximum absolute atomic E-state index is 13.1.